The van der Waals surface area contributed by atoms with E-state index in [9.17, 15) is 9.50 Å². The monoisotopic (exact) mass is 292 g/mol. The van der Waals surface area contributed by atoms with Crippen molar-refractivity contribution in [1.82, 2.24) is 0 Å². The number of hydrogen-bond acceptors (Lipinski definition) is 1. The Morgan fingerprint density at radius 1 is 1.10 bits per heavy atom. The first-order chi connectivity index (χ1) is 9.43. The molecule has 0 aliphatic heterocycles. The van der Waals surface area contributed by atoms with E-state index in [1.807, 2.05) is 44.2 Å². The van der Waals surface area contributed by atoms with Crippen molar-refractivity contribution >= 4 is 11.6 Å². The average molecular weight is 293 g/mol. The van der Waals surface area contributed by atoms with Crippen LogP contribution in [0.1, 0.15) is 25.0 Å². The van der Waals surface area contributed by atoms with Gasteiger partial charge in [0, 0.05) is 22.4 Å². The maximum atomic E-state index is 13.8. The van der Waals surface area contributed by atoms with Gasteiger partial charge in [-0.25, -0.2) is 4.39 Å². The summed E-state index contributed by atoms with van der Waals surface area (Å²) in [5.74, 6) is -0.375. The Bertz CT molecular complexity index is 561. The van der Waals surface area contributed by atoms with E-state index in [1.54, 1.807) is 12.1 Å². The lowest BCUT2D eigenvalue weighted by atomic mass is 9.77. The fourth-order valence-corrected chi connectivity index (χ4v) is 2.48. The highest BCUT2D eigenvalue weighted by molar-refractivity contribution is 6.31. The van der Waals surface area contributed by atoms with Gasteiger partial charge in [-0.05, 0) is 17.7 Å². The van der Waals surface area contributed by atoms with Gasteiger partial charge < -0.3 is 5.11 Å². The van der Waals surface area contributed by atoms with E-state index >= 15 is 0 Å². The van der Waals surface area contributed by atoms with Crippen LogP contribution in [0.15, 0.2) is 48.5 Å². The molecule has 2 rings (SSSR count). The average Bonchev–Trinajstić information content (AvgIpc) is 2.43. The van der Waals surface area contributed by atoms with Crippen LogP contribution in [0, 0.1) is 5.82 Å². The lowest BCUT2D eigenvalue weighted by Crippen LogP contribution is -2.35. The van der Waals surface area contributed by atoms with Crippen molar-refractivity contribution in [3.8, 4) is 0 Å². The summed E-state index contributed by atoms with van der Waals surface area (Å²) in [6, 6.07) is 14.3. The molecule has 3 heteroatoms. The Labute approximate surface area is 124 Å². The molecule has 1 nitrogen and oxygen atoms in total. The summed E-state index contributed by atoms with van der Waals surface area (Å²) in [6.07, 6.45) is -0.535. The zero-order valence-electron chi connectivity index (χ0n) is 11.6. The van der Waals surface area contributed by atoms with E-state index in [0.29, 0.717) is 10.6 Å². The second kappa shape index (κ2) is 5.94. The summed E-state index contributed by atoms with van der Waals surface area (Å²) in [5.41, 5.74) is 0.901. The predicted octanol–water partition coefficient (Wildman–Crippen LogP) is 4.36. The highest BCUT2D eigenvalue weighted by atomic mass is 35.5. The molecule has 0 saturated carbocycles. The maximum Gasteiger partial charge on any atom is 0.127 e. The molecule has 0 fully saturated rings. The lowest BCUT2D eigenvalue weighted by Gasteiger charge is -2.31. The summed E-state index contributed by atoms with van der Waals surface area (Å²) in [5, 5.41) is 10.9. The van der Waals surface area contributed by atoms with Crippen molar-refractivity contribution < 1.29 is 9.50 Å². The van der Waals surface area contributed by atoms with Gasteiger partial charge in [0.1, 0.15) is 5.82 Å². The van der Waals surface area contributed by atoms with Crippen molar-refractivity contribution in [3.63, 3.8) is 0 Å². The molecule has 0 saturated heterocycles. The highest BCUT2D eigenvalue weighted by Crippen LogP contribution is 2.31. The summed E-state index contributed by atoms with van der Waals surface area (Å²) in [4.78, 5) is 0. The van der Waals surface area contributed by atoms with E-state index in [0.717, 1.165) is 5.56 Å². The molecule has 106 valence electrons. The lowest BCUT2D eigenvalue weighted by molar-refractivity contribution is 0.0991. The molecule has 1 N–H and O–H groups in total. The highest BCUT2D eigenvalue weighted by Gasteiger charge is 2.30. The van der Waals surface area contributed by atoms with Gasteiger partial charge in [0.2, 0.25) is 0 Å². The smallest absolute Gasteiger partial charge is 0.127 e. The van der Waals surface area contributed by atoms with Gasteiger partial charge in [0.05, 0.1) is 6.10 Å². The quantitative estimate of drug-likeness (QED) is 0.888. The van der Waals surface area contributed by atoms with E-state index in [4.69, 9.17) is 11.6 Å². The minimum Gasteiger partial charge on any atom is -0.392 e. The number of aliphatic hydroxyl groups excluding tert-OH is 1. The Morgan fingerprint density at radius 2 is 1.75 bits per heavy atom. The summed E-state index contributed by atoms with van der Waals surface area (Å²) in [7, 11) is 0. The fourth-order valence-electron chi connectivity index (χ4n) is 2.24. The van der Waals surface area contributed by atoms with Crippen molar-refractivity contribution in [1.29, 1.82) is 0 Å². The second-order valence-electron chi connectivity index (χ2n) is 5.51. The van der Waals surface area contributed by atoms with Crippen molar-refractivity contribution in [2.24, 2.45) is 0 Å². The standard InChI is InChI=1S/C17H18ClFO/c1-17(2,12-7-4-3-5-8-12)16(20)11-13-14(18)9-6-10-15(13)19/h3-10,16,20H,11H2,1-2H3. The molecular formula is C17H18ClFO. The Balaban J connectivity index is 2.26. The maximum absolute atomic E-state index is 13.8. The van der Waals surface area contributed by atoms with Gasteiger partial charge in [0.15, 0.2) is 0 Å². The van der Waals surface area contributed by atoms with Crippen LogP contribution in [0.25, 0.3) is 0 Å². The molecule has 0 heterocycles. The molecule has 0 aliphatic carbocycles. The summed E-state index contributed by atoms with van der Waals surface area (Å²) >= 11 is 6.02. The number of aliphatic hydroxyl groups is 1. The first-order valence-corrected chi connectivity index (χ1v) is 6.97. The molecular weight excluding hydrogens is 275 g/mol. The Morgan fingerprint density at radius 3 is 2.35 bits per heavy atom. The van der Waals surface area contributed by atoms with Crippen LogP contribution in [0.5, 0.6) is 0 Å². The largest absolute Gasteiger partial charge is 0.392 e. The van der Waals surface area contributed by atoms with Crippen molar-refractivity contribution in [2.45, 2.75) is 31.8 Å². The molecule has 0 amide bonds. The number of rotatable bonds is 4. The molecule has 0 aliphatic rings. The van der Waals surface area contributed by atoms with Crippen LogP contribution in [-0.4, -0.2) is 11.2 Å². The normalized spacial score (nSPS) is 13.2. The molecule has 20 heavy (non-hydrogen) atoms. The van der Waals surface area contributed by atoms with E-state index < -0.39 is 11.5 Å². The zero-order chi connectivity index (χ0) is 14.8. The van der Waals surface area contributed by atoms with Crippen molar-refractivity contribution in [3.05, 3.63) is 70.5 Å². The third-order valence-corrected chi connectivity index (χ3v) is 4.16. The van der Waals surface area contributed by atoms with Crippen LogP contribution in [-0.2, 0) is 11.8 Å². The van der Waals surface area contributed by atoms with Gasteiger partial charge in [-0.3, -0.25) is 0 Å². The molecule has 2 aromatic rings. The molecule has 1 unspecified atom stereocenters. The van der Waals surface area contributed by atoms with E-state index in [-0.39, 0.29) is 12.2 Å². The van der Waals surface area contributed by atoms with Crippen LogP contribution in [0.3, 0.4) is 0 Å². The van der Waals surface area contributed by atoms with E-state index in [2.05, 4.69) is 0 Å². The molecule has 0 aromatic heterocycles. The number of benzene rings is 2. The predicted molar refractivity (Wildman–Crippen MR) is 80.6 cm³/mol. The van der Waals surface area contributed by atoms with Gasteiger partial charge in [-0.15, -0.1) is 0 Å². The van der Waals surface area contributed by atoms with Gasteiger partial charge >= 0.3 is 0 Å². The Hall–Kier alpha value is -1.38. The third-order valence-electron chi connectivity index (χ3n) is 3.81. The topological polar surface area (TPSA) is 20.2 Å². The number of halogens is 2. The van der Waals surface area contributed by atoms with Crippen LogP contribution < -0.4 is 0 Å². The summed E-state index contributed by atoms with van der Waals surface area (Å²) < 4.78 is 13.8. The summed E-state index contributed by atoms with van der Waals surface area (Å²) in [6.45, 7) is 3.89. The van der Waals surface area contributed by atoms with Crippen LogP contribution >= 0.6 is 11.6 Å². The van der Waals surface area contributed by atoms with E-state index in [1.165, 1.54) is 6.07 Å². The first-order valence-electron chi connectivity index (χ1n) is 6.59. The SMILES string of the molecule is CC(C)(c1ccccc1)C(O)Cc1c(F)cccc1Cl. The Kier molecular flexibility index (Phi) is 4.46. The van der Waals surface area contributed by atoms with Gasteiger partial charge in [-0.1, -0.05) is 61.8 Å². The van der Waals surface area contributed by atoms with Crippen molar-refractivity contribution in [2.75, 3.05) is 0 Å². The molecule has 0 spiro atoms. The molecule has 0 radical (unpaired) electrons. The van der Waals surface area contributed by atoms with Crippen LogP contribution in [0.2, 0.25) is 5.02 Å². The van der Waals surface area contributed by atoms with Crippen LogP contribution in [0.4, 0.5) is 4.39 Å². The number of hydrogen-bond donors (Lipinski definition) is 1. The molecule has 1 atom stereocenters. The van der Waals surface area contributed by atoms with Gasteiger partial charge in [0.25, 0.3) is 0 Å². The van der Waals surface area contributed by atoms with Gasteiger partial charge in [-0.2, -0.15) is 0 Å². The minimum atomic E-state index is -0.723. The molecule has 0 bridgehead atoms. The second-order valence-corrected chi connectivity index (χ2v) is 5.92. The minimum absolute atomic E-state index is 0.188. The zero-order valence-corrected chi connectivity index (χ0v) is 12.4. The first kappa shape index (κ1) is 15.0. The molecule has 2 aromatic carbocycles. The fraction of sp³-hybridized carbons (Fsp3) is 0.294. The third kappa shape index (κ3) is 3.02.